The Morgan fingerprint density at radius 3 is 2.78 bits per heavy atom. The van der Waals surface area contributed by atoms with E-state index in [0.717, 1.165) is 39.4 Å². The summed E-state index contributed by atoms with van der Waals surface area (Å²) >= 11 is 0. The molecule has 0 bridgehead atoms. The van der Waals surface area contributed by atoms with Crippen molar-refractivity contribution in [2.24, 2.45) is 12.8 Å². The van der Waals surface area contributed by atoms with Crippen LogP contribution in [0, 0.1) is 13.8 Å². The number of carbonyl (C=O) groups excluding carboxylic acids is 1. The van der Waals surface area contributed by atoms with Crippen LogP contribution in [0.3, 0.4) is 0 Å². The predicted molar refractivity (Wildman–Crippen MR) is 107 cm³/mol. The first-order chi connectivity index (χ1) is 13.0. The molecule has 1 aliphatic heterocycles. The Bertz CT molecular complexity index is 1040. The van der Waals surface area contributed by atoms with Gasteiger partial charge in [-0.15, -0.1) is 0 Å². The quantitative estimate of drug-likeness (QED) is 0.733. The Labute approximate surface area is 158 Å². The smallest absolute Gasteiger partial charge is 0.258 e. The molecule has 2 aromatic carbocycles. The molecule has 6 nitrogen and oxygen atoms in total. The van der Waals surface area contributed by atoms with Crippen molar-refractivity contribution >= 4 is 23.1 Å². The molecular formula is C21H23N5O. The summed E-state index contributed by atoms with van der Waals surface area (Å²) in [6, 6.07) is 11.8. The van der Waals surface area contributed by atoms with Crippen molar-refractivity contribution in [2.45, 2.75) is 26.9 Å². The maximum absolute atomic E-state index is 13.4. The lowest BCUT2D eigenvalue weighted by molar-refractivity contribution is 0.0985. The van der Waals surface area contributed by atoms with E-state index in [4.69, 9.17) is 5.73 Å². The summed E-state index contributed by atoms with van der Waals surface area (Å²) in [5.74, 6) is 0.872. The van der Waals surface area contributed by atoms with E-state index < -0.39 is 0 Å². The third-order valence-electron chi connectivity index (χ3n) is 5.09. The SMILES string of the molecule is Cc1ccc2c(c1)N(C(=O)c1ccc(CN)c(C)c1)Cc1cnn(C)c1N2. The number of rotatable bonds is 2. The van der Waals surface area contributed by atoms with Gasteiger partial charge >= 0.3 is 0 Å². The second-order valence-electron chi connectivity index (χ2n) is 7.02. The van der Waals surface area contributed by atoms with Crippen molar-refractivity contribution in [3.8, 4) is 0 Å². The molecule has 1 aromatic heterocycles. The normalized spacial score (nSPS) is 12.8. The van der Waals surface area contributed by atoms with Crippen molar-refractivity contribution in [1.82, 2.24) is 9.78 Å². The lowest BCUT2D eigenvalue weighted by Crippen LogP contribution is -2.30. The van der Waals surface area contributed by atoms with Gasteiger partial charge in [0.05, 0.1) is 24.1 Å². The molecule has 27 heavy (non-hydrogen) atoms. The first-order valence-corrected chi connectivity index (χ1v) is 8.98. The number of benzene rings is 2. The van der Waals surface area contributed by atoms with E-state index in [1.807, 2.05) is 68.4 Å². The molecule has 6 heteroatoms. The van der Waals surface area contributed by atoms with Gasteiger partial charge < -0.3 is 16.0 Å². The lowest BCUT2D eigenvalue weighted by Gasteiger charge is -2.23. The number of aromatic nitrogens is 2. The van der Waals surface area contributed by atoms with Crippen molar-refractivity contribution in [3.63, 3.8) is 0 Å². The van der Waals surface area contributed by atoms with Crippen LogP contribution in [0.25, 0.3) is 0 Å². The molecule has 0 aliphatic carbocycles. The maximum atomic E-state index is 13.4. The molecule has 0 unspecified atom stereocenters. The molecule has 138 valence electrons. The number of fused-ring (bicyclic) bond motifs is 2. The summed E-state index contributed by atoms with van der Waals surface area (Å²) in [6.45, 7) is 4.95. The van der Waals surface area contributed by atoms with Crippen molar-refractivity contribution in [2.75, 3.05) is 10.2 Å². The van der Waals surface area contributed by atoms with Crippen LogP contribution in [0.2, 0.25) is 0 Å². The summed E-state index contributed by atoms with van der Waals surface area (Å²) in [5.41, 5.74) is 12.4. The number of amides is 1. The first kappa shape index (κ1) is 17.3. The van der Waals surface area contributed by atoms with Crippen molar-refractivity contribution < 1.29 is 4.79 Å². The van der Waals surface area contributed by atoms with Crippen LogP contribution in [0.5, 0.6) is 0 Å². The van der Waals surface area contributed by atoms with Crippen molar-refractivity contribution in [1.29, 1.82) is 0 Å². The summed E-state index contributed by atoms with van der Waals surface area (Å²) in [5, 5.41) is 7.77. The number of anilines is 3. The predicted octanol–water partition coefficient (Wildman–Crippen LogP) is 3.40. The second kappa shape index (κ2) is 6.55. The average Bonchev–Trinajstić information content (AvgIpc) is 2.91. The zero-order chi connectivity index (χ0) is 19.1. The van der Waals surface area contributed by atoms with Gasteiger partial charge in [-0.3, -0.25) is 9.48 Å². The number of hydrogen-bond donors (Lipinski definition) is 2. The van der Waals surface area contributed by atoms with E-state index in [9.17, 15) is 4.79 Å². The van der Waals surface area contributed by atoms with E-state index in [1.165, 1.54) is 0 Å². The van der Waals surface area contributed by atoms with E-state index in [0.29, 0.717) is 18.7 Å². The minimum absolute atomic E-state index is 0.0352. The monoisotopic (exact) mass is 361 g/mol. The molecule has 0 fully saturated rings. The number of nitrogens with zero attached hydrogens (tertiary/aromatic N) is 3. The fraction of sp³-hybridized carbons (Fsp3) is 0.238. The van der Waals surface area contributed by atoms with Crippen LogP contribution in [-0.2, 0) is 20.1 Å². The average molecular weight is 361 g/mol. The first-order valence-electron chi connectivity index (χ1n) is 8.98. The Kier molecular flexibility index (Phi) is 4.20. The Hall–Kier alpha value is -3.12. The standard InChI is InChI=1S/C21H23N5O/c1-13-4-7-18-19(8-13)26(12-17-11-23-25(3)20(17)24-18)21(27)15-5-6-16(10-22)14(2)9-15/h4-9,11,24H,10,12,22H2,1-3H3. The molecule has 2 heterocycles. The molecule has 3 aromatic rings. The number of carbonyl (C=O) groups is 1. The van der Waals surface area contributed by atoms with Gasteiger partial charge in [-0.05, 0) is 54.8 Å². The molecule has 4 rings (SSSR count). The Morgan fingerprint density at radius 1 is 1.22 bits per heavy atom. The summed E-state index contributed by atoms with van der Waals surface area (Å²) in [7, 11) is 1.89. The highest BCUT2D eigenvalue weighted by Crippen LogP contribution is 2.37. The van der Waals surface area contributed by atoms with Gasteiger partial charge in [0.2, 0.25) is 0 Å². The van der Waals surface area contributed by atoms with E-state index >= 15 is 0 Å². The van der Waals surface area contributed by atoms with E-state index in [-0.39, 0.29) is 5.91 Å². The lowest BCUT2D eigenvalue weighted by atomic mass is 10.0. The summed E-state index contributed by atoms with van der Waals surface area (Å²) in [6.07, 6.45) is 1.81. The fourth-order valence-corrected chi connectivity index (χ4v) is 3.51. The van der Waals surface area contributed by atoms with Gasteiger partial charge in [0.15, 0.2) is 0 Å². The van der Waals surface area contributed by atoms with Gasteiger partial charge in [-0.2, -0.15) is 5.10 Å². The molecule has 1 amide bonds. The molecule has 3 N–H and O–H groups in total. The van der Waals surface area contributed by atoms with Gasteiger partial charge in [0.25, 0.3) is 5.91 Å². The number of nitrogens with two attached hydrogens (primary N) is 1. The molecule has 1 aliphatic rings. The Morgan fingerprint density at radius 2 is 2.04 bits per heavy atom. The molecular weight excluding hydrogens is 338 g/mol. The number of nitrogens with one attached hydrogen (secondary N) is 1. The van der Waals surface area contributed by atoms with Crippen molar-refractivity contribution in [3.05, 3.63) is 70.4 Å². The van der Waals surface area contributed by atoms with Gasteiger partial charge in [0.1, 0.15) is 5.82 Å². The van der Waals surface area contributed by atoms with Crippen LogP contribution in [-0.4, -0.2) is 15.7 Å². The zero-order valence-electron chi connectivity index (χ0n) is 15.8. The highest BCUT2D eigenvalue weighted by Gasteiger charge is 2.27. The topological polar surface area (TPSA) is 76.2 Å². The zero-order valence-corrected chi connectivity index (χ0v) is 15.8. The van der Waals surface area contributed by atoms with Crippen LogP contribution in [0.15, 0.2) is 42.6 Å². The molecule has 0 atom stereocenters. The Balaban J connectivity index is 1.82. The minimum atomic E-state index is -0.0352. The fourth-order valence-electron chi connectivity index (χ4n) is 3.51. The third-order valence-corrected chi connectivity index (χ3v) is 5.09. The molecule has 0 spiro atoms. The van der Waals surface area contributed by atoms with Gasteiger partial charge in [-0.1, -0.05) is 12.1 Å². The molecule has 0 saturated heterocycles. The van der Waals surface area contributed by atoms with Gasteiger partial charge in [-0.25, -0.2) is 0 Å². The third kappa shape index (κ3) is 2.98. The maximum Gasteiger partial charge on any atom is 0.258 e. The van der Waals surface area contributed by atoms with Crippen LogP contribution >= 0.6 is 0 Å². The summed E-state index contributed by atoms with van der Waals surface area (Å²) < 4.78 is 1.80. The number of aryl methyl sites for hydroxylation is 3. The highest BCUT2D eigenvalue weighted by atomic mass is 16.2. The van der Waals surface area contributed by atoms with E-state index in [2.05, 4.69) is 10.4 Å². The van der Waals surface area contributed by atoms with Gasteiger partial charge in [0, 0.05) is 24.7 Å². The largest absolute Gasteiger partial charge is 0.338 e. The summed E-state index contributed by atoms with van der Waals surface area (Å²) in [4.78, 5) is 15.3. The minimum Gasteiger partial charge on any atom is -0.338 e. The van der Waals surface area contributed by atoms with Crippen LogP contribution in [0.1, 0.15) is 32.6 Å². The number of hydrogen-bond acceptors (Lipinski definition) is 4. The van der Waals surface area contributed by atoms with E-state index in [1.54, 1.807) is 4.68 Å². The van der Waals surface area contributed by atoms with Crippen LogP contribution in [0.4, 0.5) is 17.2 Å². The van der Waals surface area contributed by atoms with Crippen LogP contribution < -0.4 is 16.0 Å². The highest BCUT2D eigenvalue weighted by molar-refractivity contribution is 6.08. The second-order valence-corrected chi connectivity index (χ2v) is 7.02. The molecule has 0 radical (unpaired) electrons. The molecule has 0 saturated carbocycles.